The second-order valence-electron chi connectivity index (χ2n) is 5.63. The third kappa shape index (κ3) is 1.04. The van der Waals surface area contributed by atoms with Gasteiger partial charge < -0.3 is 10.2 Å². The van der Waals surface area contributed by atoms with Crippen molar-refractivity contribution >= 4 is 32.3 Å². The SMILES string of the molecule is O[C@@H]1c2ccc3ccc4cccc5cc(c2c3c45)[C@H]1O. The molecule has 2 atom stereocenters. The average molecular weight is 260 g/mol. The highest BCUT2D eigenvalue weighted by Crippen LogP contribution is 2.48. The lowest BCUT2D eigenvalue weighted by atomic mass is 9.91. The van der Waals surface area contributed by atoms with Crippen LogP contribution in [0, 0.1) is 0 Å². The van der Waals surface area contributed by atoms with Crippen LogP contribution in [0.3, 0.4) is 0 Å². The van der Waals surface area contributed by atoms with Gasteiger partial charge in [0, 0.05) is 0 Å². The fourth-order valence-electron chi connectivity index (χ4n) is 3.73. The lowest BCUT2D eigenvalue weighted by Crippen LogP contribution is -2.02. The molecule has 0 fully saturated rings. The van der Waals surface area contributed by atoms with Gasteiger partial charge >= 0.3 is 0 Å². The van der Waals surface area contributed by atoms with Crippen LogP contribution in [0.15, 0.2) is 48.5 Å². The van der Waals surface area contributed by atoms with Crippen molar-refractivity contribution in [1.82, 2.24) is 0 Å². The Morgan fingerprint density at radius 2 is 1.25 bits per heavy atom. The average Bonchev–Trinajstić information content (AvgIpc) is 2.73. The predicted octanol–water partition coefficient (Wildman–Crippen LogP) is 3.66. The Hall–Kier alpha value is -2.16. The molecule has 0 amide bonds. The highest BCUT2D eigenvalue weighted by Gasteiger charge is 2.32. The molecule has 2 nitrogen and oxygen atoms in total. The molecular weight excluding hydrogens is 248 g/mol. The Balaban J connectivity index is 2.19. The lowest BCUT2D eigenvalue weighted by molar-refractivity contribution is 0.0254. The van der Waals surface area contributed by atoms with Gasteiger partial charge in [-0.05, 0) is 49.5 Å². The Morgan fingerprint density at radius 1 is 0.600 bits per heavy atom. The minimum Gasteiger partial charge on any atom is -0.385 e. The molecule has 0 spiro atoms. The third-order valence-corrected chi connectivity index (χ3v) is 4.63. The molecule has 5 rings (SSSR count). The van der Waals surface area contributed by atoms with Crippen molar-refractivity contribution in [3.8, 4) is 0 Å². The summed E-state index contributed by atoms with van der Waals surface area (Å²) in [4.78, 5) is 0. The van der Waals surface area contributed by atoms with Gasteiger partial charge in [-0.2, -0.15) is 0 Å². The summed E-state index contributed by atoms with van der Waals surface area (Å²) in [6.07, 6.45) is -1.63. The molecule has 0 aliphatic heterocycles. The zero-order valence-corrected chi connectivity index (χ0v) is 10.7. The first-order chi connectivity index (χ1) is 9.75. The summed E-state index contributed by atoms with van der Waals surface area (Å²) in [5.74, 6) is 0. The maximum atomic E-state index is 10.3. The molecule has 0 saturated heterocycles. The summed E-state index contributed by atoms with van der Waals surface area (Å²) in [5, 5.41) is 27.5. The van der Waals surface area contributed by atoms with E-state index in [1.807, 2.05) is 24.3 Å². The van der Waals surface area contributed by atoms with Crippen LogP contribution in [0.4, 0.5) is 0 Å². The molecule has 0 aromatic heterocycles. The number of benzene rings is 4. The number of hydrogen-bond donors (Lipinski definition) is 2. The first-order valence-corrected chi connectivity index (χ1v) is 6.82. The van der Waals surface area contributed by atoms with Crippen molar-refractivity contribution in [3.05, 3.63) is 59.7 Å². The zero-order valence-electron chi connectivity index (χ0n) is 10.7. The van der Waals surface area contributed by atoms with E-state index in [1.165, 1.54) is 16.2 Å². The van der Waals surface area contributed by atoms with Crippen LogP contribution in [-0.4, -0.2) is 10.2 Å². The Bertz CT molecular complexity index is 987. The van der Waals surface area contributed by atoms with Crippen LogP contribution in [0.2, 0.25) is 0 Å². The van der Waals surface area contributed by atoms with Crippen molar-refractivity contribution in [2.24, 2.45) is 0 Å². The minimum absolute atomic E-state index is 0.815. The van der Waals surface area contributed by atoms with E-state index >= 15 is 0 Å². The quantitative estimate of drug-likeness (QED) is 0.474. The summed E-state index contributed by atoms with van der Waals surface area (Å²) >= 11 is 0. The number of aliphatic hydroxyl groups excluding tert-OH is 2. The van der Waals surface area contributed by atoms with Gasteiger partial charge in [0.1, 0.15) is 12.2 Å². The fourth-order valence-corrected chi connectivity index (χ4v) is 3.73. The Labute approximate surface area is 115 Å². The van der Waals surface area contributed by atoms with Crippen LogP contribution in [0.25, 0.3) is 32.3 Å². The molecule has 0 bridgehead atoms. The van der Waals surface area contributed by atoms with Crippen molar-refractivity contribution in [2.45, 2.75) is 12.2 Å². The van der Waals surface area contributed by atoms with E-state index in [0.717, 1.165) is 27.3 Å². The number of aliphatic hydroxyl groups is 2. The second-order valence-corrected chi connectivity index (χ2v) is 5.63. The molecule has 0 heterocycles. The maximum absolute atomic E-state index is 10.3. The summed E-state index contributed by atoms with van der Waals surface area (Å²) in [5.41, 5.74) is 1.70. The molecule has 20 heavy (non-hydrogen) atoms. The van der Waals surface area contributed by atoms with Crippen molar-refractivity contribution in [1.29, 1.82) is 0 Å². The van der Waals surface area contributed by atoms with Crippen molar-refractivity contribution in [3.63, 3.8) is 0 Å². The predicted molar refractivity (Wildman–Crippen MR) is 80.1 cm³/mol. The summed E-state index contributed by atoms with van der Waals surface area (Å²) in [6, 6.07) is 16.5. The molecule has 1 aliphatic rings. The summed E-state index contributed by atoms with van der Waals surface area (Å²) in [6.45, 7) is 0. The largest absolute Gasteiger partial charge is 0.385 e. The standard InChI is InChI=1S/C18H12O2/c19-17-12-7-6-10-5-4-9-2-1-3-11-8-13(18(17)20)16(12)15(10)14(9)11/h1-8,17-20H/t17-,18-/m1/s1. The second kappa shape index (κ2) is 3.29. The third-order valence-electron chi connectivity index (χ3n) is 4.63. The van der Waals surface area contributed by atoms with E-state index in [4.69, 9.17) is 0 Å². The van der Waals surface area contributed by atoms with Gasteiger partial charge in [0.05, 0.1) is 0 Å². The fraction of sp³-hybridized carbons (Fsp3) is 0.111. The van der Waals surface area contributed by atoms with Crippen LogP contribution >= 0.6 is 0 Å². The topological polar surface area (TPSA) is 40.5 Å². The molecule has 4 aromatic rings. The highest BCUT2D eigenvalue weighted by molar-refractivity contribution is 6.25. The molecule has 4 aromatic carbocycles. The van der Waals surface area contributed by atoms with Crippen LogP contribution in [0.1, 0.15) is 23.3 Å². The highest BCUT2D eigenvalue weighted by atomic mass is 16.3. The van der Waals surface area contributed by atoms with Crippen LogP contribution in [-0.2, 0) is 0 Å². The molecule has 1 aliphatic carbocycles. The molecule has 0 saturated carbocycles. The Kier molecular flexibility index (Phi) is 1.74. The van der Waals surface area contributed by atoms with Gasteiger partial charge in [0.2, 0.25) is 0 Å². The molecule has 96 valence electrons. The first kappa shape index (κ1) is 10.6. The van der Waals surface area contributed by atoms with Gasteiger partial charge in [-0.15, -0.1) is 0 Å². The molecule has 2 N–H and O–H groups in total. The smallest absolute Gasteiger partial charge is 0.110 e. The normalized spacial score (nSPS) is 21.5. The van der Waals surface area contributed by atoms with Gasteiger partial charge in [0.15, 0.2) is 0 Å². The lowest BCUT2D eigenvalue weighted by Gasteiger charge is -2.12. The maximum Gasteiger partial charge on any atom is 0.110 e. The van der Waals surface area contributed by atoms with Gasteiger partial charge in [-0.1, -0.05) is 42.5 Å². The van der Waals surface area contributed by atoms with E-state index in [1.54, 1.807) is 0 Å². The molecule has 0 radical (unpaired) electrons. The summed E-state index contributed by atoms with van der Waals surface area (Å²) in [7, 11) is 0. The Morgan fingerprint density at radius 3 is 2.10 bits per heavy atom. The van der Waals surface area contributed by atoms with Gasteiger partial charge in [-0.3, -0.25) is 0 Å². The summed E-state index contributed by atoms with van der Waals surface area (Å²) < 4.78 is 0. The van der Waals surface area contributed by atoms with E-state index < -0.39 is 12.2 Å². The van der Waals surface area contributed by atoms with Crippen molar-refractivity contribution < 1.29 is 10.2 Å². The minimum atomic E-state index is -0.820. The van der Waals surface area contributed by atoms with Crippen LogP contribution in [0.5, 0.6) is 0 Å². The molecule has 0 unspecified atom stereocenters. The van der Waals surface area contributed by atoms with Crippen LogP contribution < -0.4 is 0 Å². The van der Waals surface area contributed by atoms with E-state index in [0.29, 0.717) is 0 Å². The zero-order chi connectivity index (χ0) is 13.4. The van der Waals surface area contributed by atoms with Gasteiger partial charge in [-0.25, -0.2) is 0 Å². The number of hydrogen-bond acceptors (Lipinski definition) is 2. The van der Waals surface area contributed by atoms with Crippen molar-refractivity contribution in [2.75, 3.05) is 0 Å². The first-order valence-electron chi connectivity index (χ1n) is 6.82. The van der Waals surface area contributed by atoms with E-state index in [-0.39, 0.29) is 0 Å². The number of rotatable bonds is 0. The van der Waals surface area contributed by atoms with Gasteiger partial charge in [0.25, 0.3) is 0 Å². The molecule has 2 heteroatoms. The monoisotopic (exact) mass is 260 g/mol. The van der Waals surface area contributed by atoms with E-state index in [9.17, 15) is 10.2 Å². The molecular formula is C18H12O2. The van der Waals surface area contributed by atoms with E-state index in [2.05, 4.69) is 24.3 Å².